The van der Waals surface area contributed by atoms with Gasteiger partial charge in [0.05, 0.1) is 41.0 Å². The Morgan fingerprint density at radius 3 is 1.61 bits per heavy atom. The summed E-state index contributed by atoms with van der Waals surface area (Å²) < 4.78 is 27.9. The van der Waals surface area contributed by atoms with Gasteiger partial charge in [0.15, 0.2) is 0 Å². The van der Waals surface area contributed by atoms with Crippen molar-refractivity contribution in [2.45, 2.75) is 0 Å². The average molecular weight is 2010 g/mol. The fourth-order valence-electron chi connectivity index (χ4n) is 17.7. The third-order valence-corrected chi connectivity index (χ3v) is 34.4. The van der Waals surface area contributed by atoms with Gasteiger partial charge in [-0.2, -0.15) is 0 Å². The highest BCUT2D eigenvalue weighted by Gasteiger charge is 2.24. The molecule has 0 aliphatic heterocycles. The molecule has 26 rings (SSSR count). The Kier molecular flexibility index (Phi) is 19.7. The number of hydrogen-bond acceptors (Lipinski definition) is 7. The van der Waals surface area contributed by atoms with Gasteiger partial charge in [0.2, 0.25) is 0 Å². The van der Waals surface area contributed by atoms with Crippen LogP contribution in [0.25, 0.3) is 226 Å². The molecule has 2 nitrogen and oxygen atoms in total. The lowest BCUT2D eigenvalue weighted by Gasteiger charge is -2.13. The first kappa shape index (κ1) is 77.1. The molecule has 16 heteroatoms. The highest BCUT2D eigenvalue weighted by Crippen LogP contribution is 2.52. The molecule has 0 N–H and O–H groups in total. The van der Waals surface area contributed by atoms with Crippen LogP contribution in [0.15, 0.2) is 356 Å². The Morgan fingerprint density at radius 2 is 0.787 bits per heavy atom. The summed E-state index contributed by atoms with van der Waals surface area (Å²) in [6, 6.07) is 118. The molecule has 0 spiro atoms. The summed E-state index contributed by atoms with van der Waals surface area (Å²) in [5.41, 5.74) is 14.3. The summed E-state index contributed by atoms with van der Waals surface area (Å²) >= 11 is 53.0. The minimum atomic E-state index is 0.748. The van der Waals surface area contributed by atoms with E-state index in [2.05, 4.69) is 384 Å². The number of fused-ring (bicyclic) bond motifs is 25. The van der Waals surface area contributed by atoms with Gasteiger partial charge in [-0.3, -0.25) is 0 Å². The molecule has 0 atom stereocenters. The Labute approximate surface area is 775 Å². The van der Waals surface area contributed by atoms with Gasteiger partial charge in [-0.25, -0.2) is 0 Å². The number of thiophene rings is 6. The number of aromatic nitrogens is 1. The third kappa shape index (κ3) is 13.1. The molecule has 8 aromatic heterocycles. The molecule has 0 unspecified atom stereocenters. The standard InChI is InChI=1S/C34H19BrClNS.C24H12BrClOS.2C24H12BrClS2/c35-27-11-6-14-32-33(27)26-17-21(15-16-31(26)38-32)22-18-25-24-10-3-4-12-30(24)37(34(25)28(36)19-22)29-13-5-8-20-7-1-2-9-23(20)29;25-18-6-3-5-15-17-12-13(8-11-20(17)27-23(15)18)14-9-10-19(26)24-22(14)16-4-1-2-7-21(16)28-24;25-19-9-4-8-15-14-6-3-7-16(23(14)28-24(15)19)17-11-18-13-5-1-2-10-21(13)27-22(18)12-20(17)26;25-14-6-9-21-18(12-14)17-11-13(5-8-20(17)27-21)15-7-10-22-23(24(15)26)16-3-1-2-4-19(16)28-22/h1-19H;3*1-12H. The molecule has 0 radical (unpaired) electrons. The number of furan rings is 1. The summed E-state index contributed by atoms with van der Waals surface area (Å²) in [5, 5.41) is 25.3. The minimum absolute atomic E-state index is 0.748. The SMILES string of the molecule is Clc1c(-c2ccc3sc4ccc(Br)cc4c3c2)ccc2sc3ccccc3c12.Clc1cc(-c2ccc3sc4cccc(Br)c4c3c2)cc2c3ccccc3n(-c3cccc4ccccc34)c12.Clc1cc2sc3ccccc3c2cc1-c1cccc2c1sc1c(Br)cccc12.Clc1ccc(-c2ccc3oc4c(Br)cccc4c3c2)c2c1sc1ccccc12. The molecule has 8 heterocycles. The van der Waals surface area contributed by atoms with Crippen molar-refractivity contribution < 1.29 is 4.42 Å². The van der Waals surface area contributed by atoms with E-state index in [0.29, 0.717) is 0 Å². The van der Waals surface area contributed by atoms with Gasteiger partial charge in [-0.1, -0.05) is 266 Å². The maximum Gasteiger partial charge on any atom is 0.149 e. The van der Waals surface area contributed by atoms with Crippen LogP contribution in [0, 0.1) is 0 Å². The predicted molar refractivity (Wildman–Crippen MR) is 555 cm³/mol. The van der Waals surface area contributed by atoms with E-state index in [4.69, 9.17) is 50.8 Å². The fourth-order valence-corrected chi connectivity index (χ4v) is 27.9. The first-order chi connectivity index (χ1) is 59.8. The number of rotatable bonds is 5. The number of halogens is 8. The Balaban J connectivity index is 0.0000000953. The topological polar surface area (TPSA) is 18.1 Å². The van der Waals surface area contributed by atoms with Crippen LogP contribution in [0.2, 0.25) is 20.1 Å². The predicted octanol–water partition coefficient (Wildman–Crippen LogP) is 39.4. The maximum atomic E-state index is 7.18. The molecular formula is C106H55Br4Cl4NOS6. The van der Waals surface area contributed by atoms with E-state index in [1.807, 2.05) is 52.2 Å². The van der Waals surface area contributed by atoms with Crippen molar-refractivity contribution in [3.63, 3.8) is 0 Å². The van der Waals surface area contributed by atoms with Crippen molar-refractivity contribution in [2.75, 3.05) is 0 Å². The number of benzene rings is 18. The molecule has 0 aliphatic carbocycles. The second kappa shape index (κ2) is 31.2. The lowest BCUT2D eigenvalue weighted by Crippen LogP contribution is -1.95. The van der Waals surface area contributed by atoms with Crippen LogP contribution in [0.5, 0.6) is 0 Å². The van der Waals surface area contributed by atoms with Gasteiger partial charge < -0.3 is 8.98 Å². The van der Waals surface area contributed by atoms with E-state index in [-0.39, 0.29) is 0 Å². The van der Waals surface area contributed by atoms with E-state index >= 15 is 0 Å². The number of para-hydroxylation sites is 2. The van der Waals surface area contributed by atoms with Crippen molar-refractivity contribution in [2.24, 2.45) is 0 Å². The van der Waals surface area contributed by atoms with E-state index in [1.165, 1.54) is 149 Å². The molecule has 0 saturated carbocycles. The summed E-state index contributed by atoms with van der Waals surface area (Å²) in [6.45, 7) is 0. The minimum Gasteiger partial charge on any atom is -0.455 e. The zero-order valence-electron chi connectivity index (χ0n) is 63.6. The molecule has 0 amide bonds. The summed E-state index contributed by atoms with van der Waals surface area (Å²) in [7, 11) is 0. The first-order valence-electron chi connectivity index (χ1n) is 39.2. The monoisotopic (exact) mass is 2000 g/mol. The van der Waals surface area contributed by atoms with Crippen molar-refractivity contribution >= 4 is 354 Å². The van der Waals surface area contributed by atoms with Gasteiger partial charge in [0.25, 0.3) is 0 Å². The summed E-state index contributed by atoms with van der Waals surface area (Å²) in [5.74, 6) is 0. The molecule has 0 saturated heterocycles. The second-order valence-electron chi connectivity index (χ2n) is 30.1. The lowest BCUT2D eigenvalue weighted by atomic mass is 9.98. The smallest absolute Gasteiger partial charge is 0.149 e. The van der Waals surface area contributed by atoms with Crippen LogP contribution in [0.1, 0.15) is 0 Å². The van der Waals surface area contributed by atoms with Gasteiger partial charge in [0.1, 0.15) is 11.2 Å². The van der Waals surface area contributed by atoms with Gasteiger partial charge >= 0.3 is 0 Å². The second-order valence-corrected chi connectivity index (χ2v) is 41.6. The van der Waals surface area contributed by atoms with Crippen molar-refractivity contribution in [3.05, 3.63) is 372 Å². The van der Waals surface area contributed by atoms with Crippen molar-refractivity contribution in [1.82, 2.24) is 4.57 Å². The van der Waals surface area contributed by atoms with Gasteiger partial charge in [-0.15, -0.1) is 68.0 Å². The average Bonchev–Trinajstić information content (AvgIpc) is 1.58. The quantitative estimate of drug-likeness (QED) is 0.168. The lowest BCUT2D eigenvalue weighted by molar-refractivity contribution is 0.667. The van der Waals surface area contributed by atoms with Crippen LogP contribution >= 0.6 is 178 Å². The zero-order chi connectivity index (χ0) is 81.9. The van der Waals surface area contributed by atoms with Crippen LogP contribution in [0.3, 0.4) is 0 Å². The van der Waals surface area contributed by atoms with E-state index in [1.54, 1.807) is 34.0 Å². The fraction of sp³-hybridized carbons (Fsp3) is 0. The Morgan fingerprint density at radius 1 is 0.254 bits per heavy atom. The van der Waals surface area contributed by atoms with E-state index in [0.717, 1.165) is 114 Å². The molecule has 26 aromatic rings. The Hall–Kier alpha value is -9.78. The van der Waals surface area contributed by atoms with E-state index in [9.17, 15) is 0 Å². The van der Waals surface area contributed by atoms with Crippen LogP contribution in [-0.2, 0) is 0 Å². The van der Waals surface area contributed by atoms with Crippen LogP contribution in [0.4, 0.5) is 0 Å². The number of nitrogens with zero attached hydrogens (tertiary/aromatic N) is 1. The van der Waals surface area contributed by atoms with Gasteiger partial charge in [-0.05, 0) is 211 Å². The molecule has 0 aliphatic rings. The summed E-state index contributed by atoms with van der Waals surface area (Å²) in [6.07, 6.45) is 0. The molecular weight excluding hydrogens is 1960 g/mol. The number of hydrogen-bond donors (Lipinski definition) is 0. The molecule has 0 bridgehead atoms. The first-order valence-corrected chi connectivity index (χ1v) is 48.8. The highest BCUT2D eigenvalue weighted by atomic mass is 79.9. The molecule has 122 heavy (non-hydrogen) atoms. The Bertz CT molecular complexity index is 8880. The van der Waals surface area contributed by atoms with Crippen LogP contribution in [-0.4, -0.2) is 4.57 Å². The maximum absolute atomic E-state index is 7.18. The largest absolute Gasteiger partial charge is 0.455 e. The molecule has 18 aromatic carbocycles. The van der Waals surface area contributed by atoms with Crippen LogP contribution < -0.4 is 0 Å². The molecule has 0 fully saturated rings. The summed E-state index contributed by atoms with van der Waals surface area (Å²) in [4.78, 5) is 0. The van der Waals surface area contributed by atoms with Crippen molar-refractivity contribution in [3.8, 4) is 50.2 Å². The zero-order valence-corrected chi connectivity index (χ0v) is 77.8. The van der Waals surface area contributed by atoms with Gasteiger partial charge in [0, 0.05) is 178 Å². The third-order valence-electron chi connectivity index (χ3n) is 23.2. The van der Waals surface area contributed by atoms with E-state index < -0.39 is 0 Å². The normalized spacial score (nSPS) is 11.9. The molecule has 582 valence electrons. The van der Waals surface area contributed by atoms with Crippen molar-refractivity contribution in [1.29, 1.82) is 0 Å². The highest BCUT2D eigenvalue weighted by molar-refractivity contribution is 9.11.